The maximum Gasteiger partial charge on any atom is 0.278 e. The second-order valence-corrected chi connectivity index (χ2v) is 8.14. The van der Waals surface area contributed by atoms with E-state index in [2.05, 4.69) is 10.2 Å². The van der Waals surface area contributed by atoms with Gasteiger partial charge in [0.15, 0.2) is 0 Å². The number of carbonyl (C=O) groups is 2. The monoisotopic (exact) mass is 435 g/mol. The summed E-state index contributed by atoms with van der Waals surface area (Å²) in [4.78, 5) is 30.4. The van der Waals surface area contributed by atoms with E-state index in [9.17, 15) is 9.59 Å². The lowest BCUT2D eigenvalue weighted by Gasteiger charge is -2.28. The van der Waals surface area contributed by atoms with Crippen LogP contribution < -0.4 is 10.1 Å². The minimum absolute atomic E-state index is 0.277. The van der Waals surface area contributed by atoms with E-state index in [-0.39, 0.29) is 11.8 Å². The van der Waals surface area contributed by atoms with Gasteiger partial charge in [-0.1, -0.05) is 24.3 Å². The number of methoxy groups -OCH3 is 1. The van der Waals surface area contributed by atoms with Gasteiger partial charge in [0.1, 0.15) is 11.4 Å². The second-order valence-electron chi connectivity index (χ2n) is 8.14. The van der Waals surface area contributed by atoms with Gasteiger partial charge in [0, 0.05) is 31.9 Å². The molecule has 1 saturated heterocycles. The third-order valence-corrected chi connectivity index (χ3v) is 5.94. The molecule has 4 rings (SSSR count). The smallest absolute Gasteiger partial charge is 0.278 e. The number of rotatable bonds is 7. The quantitative estimate of drug-likeness (QED) is 0.675. The molecule has 2 heterocycles. The van der Waals surface area contributed by atoms with E-state index < -0.39 is 0 Å². The number of carbonyl (C=O) groups excluding carboxylic acids is 2. The van der Waals surface area contributed by atoms with Crippen LogP contribution in [0.2, 0.25) is 0 Å². The molecule has 2 aliphatic heterocycles. The highest BCUT2D eigenvalue weighted by Gasteiger charge is 2.39. The van der Waals surface area contributed by atoms with Gasteiger partial charge in [0.2, 0.25) is 0 Å². The summed E-state index contributed by atoms with van der Waals surface area (Å²) >= 11 is 0. The van der Waals surface area contributed by atoms with Crippen LogP contribution >= 0.6 is 0 Å². The van der Waals surface area contributed by atoms with Crippen molar-refractivity contribution >= 4 is 23.1 Å². The van der Waals surface area contributed by atoms with Crippen molar-refractivity contribution in [2.45, 2.75) is 13.8 Å². The van der Waals surface area contributed by atoms with Crippen LogP contribution in [0.25, 0.3) is 5.57 Å². The number of nitrogens with one attached hydrogen (secondary N) is 1. The zero-order valence-corrected chi connectivity index (χ0v) is 18.8. The highest BCUT2D eigenvalue weighted by atomic mass is 16.5. The minimum Gasteiger partial charge on any atom is -0.497 e. The highest BCUT2D eigenvalue weighted by Crippen LogP contribution is 2.32. The maximum atomic E-state index is 13.4. The Hall–Kier alpha value is -3.16. The van der Waals surface area contributed by atoms with Crippen molar-refractivity contribution in [3.05, 3.63) is 64.9 Å². The Balaban J connectivity index is 1.65. The summed E-state index contributed by atoms with van der Waals surface area (Å²) in [5, 5.41) is 3.28. The van der Waals surface area contributed by atoms with Crippen LogP contribution in [0.15, 0.2) is 48.2 Å². The molecule has 0 unspecified atom stereocenters. The number of morpholine rings is 1. The van der Waals surface area contributed by atoms with E-state index in [1.807, 2.05) is 44.2 Å². The minimum atomic E-state index is -0.296. The lowest BCUT2D eigenvalue weighted by Crippen LogP contribution is -2.43. The summed E-state index contributed by atoms with van der Waals surface area (Å²) < 4.78 is 10.6. The van der Waals surface area contributed by atoms with E-state index in [4.69, 9.17) is 9.47 Å². The molecule has 168 valence electrons. The summed E-state index contributed by atoms with van der Waals surface area (Å²) in [6.07, 6.45) is 0. The molecule has 0 spiro atoms. The fraction of sp³-hybridized carbons (Fsp3) is 0.360. The van der Waals surface area contributed by atoms with Crippen LogP contribution in [0.3, 0.4) is 0 Å². The Labute approximate surface area is 188 Å². The number of hydrogen-bond acceptors (Lipinski definition) is 6. The van der Waals surface area contributed by atoms with Crippen molar-refractivity contribution in [1.82, 2.24) is 9.80 Å². The Bertz CT molecular complexity index is 1040. The van der Waals surface area contributed by atoms with Crippen LogP contribution in [0.1, 0.15) is 16.7 Å². The largest absolute Gasteiger partial charge is 0.497 e. The lowest BCUT2D eigenvalue weighted by atomic mass is 10.0. The number of benzene rings is 2. The number of imide groups is 1. The zero-order chi connectivity index (χ0) is 22.7. The summed E-state index contributed by atoms with van der Waals surface area (Å²) in [7, 11) is 1.60. The molecule has 1 N–H and O–H groups in total. The number of anilines is 1. The Morgan fingerprint density at radius 3 is 2.38 bits per heavy atom. The van der Waals surface area contributed by atoms with Crippen molar-refractivity contribution in [3.63, 3.8) is 0 Å². The van der Waals surface area contributed by atoms with Crippen molar-refractivity contribution in [2.24, 2.45) is 0 Å². The van der Waals surface area contributed by atoms with Gasteiger partial charge in [-0.25, -0.2) is 0 Å². The summed E-state index contributed by atoms with van der Waals surface area (Å²) in [5.41, 5.74) is 4.29. The lowest BCUT2D eigenvalue weighted by molar-refractivity contribution is -0.137. The Morgan fingerprint density at radius 2 is 1.69 bits per heavy atom. The molecule has 0 radical (unpaired) electrons. The number of nitrogens with zero attached hydrogens (tertiary/aromatic N) is 2. The van der Waals surface area contributed by atoms with Gasteiger partial charge in [-0.05, 0) is 48.7 Å². The molecule has 0 aliphatic carbocycles. The second kappa shape index (κ2) is 9.54. The van der Waals surface area contributed by atoms with Crippen molar-refractivity contribution < 1.29 is 19.1 Å². The van der Waals surface area contributed by atoms with E-state index in [1.165, 1.54) is 4.90 Å². The SMILES string of the molecule is COc1ccc(C2=C(Nc3cc(C)ccc3C)C(=O)N(CCN3CCOCC3)C2=O)cc1. The molecule has 0 saturated carbocycles. The third kappa shape index (κ3) is 4.54. The predicted molar refractivity (Wildman–Crippen MR) is 123 cm³/mol. The first-order valence-corrected chi connectivity index (χ1v) is 10.9. The molecule has 7 nitrogen and oxygen atoms in total. The van der Waals surface area contributed by atoms with Crippen LogP contribution in [0, 0.1) is 13.8 Å². The normalized spacial score (nSPS) is 17.3. The zero-order valence-electron chi connectivity index (χ0n) is 18.8. The molecule has 7 heteroatoms. The molecule has 0 aromatic heterocycles. The molecule has 1 fully saturated rings. The van der Waals surface area contributed by atoms with Gasteiger partial charge >= 0.3 is 0 Å². The van der Waals surface area contributed by atoms with Crippen molar-refractivity contribution in [1.29, 1.82) is 0 Å². The van der Waals surface area contributed by atoms with Crippen molar-refractivity contribution in [2.75, 3.05) is 51.8 Å². The first-order valence-electron chi connectivity index (χ1n) is 10.9. The van der Waals surface area contributed by atoms with Gasteiger partial charge in [0.05, 0.1) is 25.9 Å². The molecule has 0 atom stereocenters. The van der Waals surface area contributed by atoms with Gasteiger partial charge in [0.25, 0.3) is 11.8 Å². The average Bonchev–Trinajstić information content (AvgIpc) is 3.04. The molecule has 2 aromatic carbocycles. The fourth-order valence-electron chi connectivity index (χ4n) is 3.99. The fourth-order valence-corrected chi connectivity index (χ4v) is 3.99. The summed E-state index contributed by atoms with van der Waals surface area (Å²) in [6.45, 7) is 7.92. The van der Waals surface area contributed by atoms with Crippen LogP contribution in [0.5, 0.6) is 5.75 Å². The molecule has 32 heavy (non-hydrogen) atoms. The molecular weight excluding hydrogens is 406 g/mol. The maximum absolute atomic E-state index is 13.4. The summed E-state index contributed by atoms with van der Waals surface area (Å²) in [5.74, 6) is 0.121. The van der Waals surface area contributed by atoms with Crippen LogP contribution in [-0.2, 0) is 14.3 Å². The van der Waals surface area contributed by atoms with E-state index in [0.717, 1.165) is 29.9 Å². The molecule has 0 bridgehead atoms. The van der Waals surface area contributed by atoms with Gasteiger partial charge in [-0.15, -0.1) is 0 Å². The van der Waals surface area contributed by atoms with Gasteiger partial charge in [-0.3, -0.25) is 19.4 Å². The Kier molecular flexibility index (Phi) is 6.58. The van der Waals surface area contributed by atoms with Gasteiger partial charge < -0.3 is 14.8 Å². The molecule has 2 aromatic rings. The van der Waals surface area contributed by atoms with E-state index in [1.54, 1.807) is 19.2 Å². The number of aryl methyl sites for hydroxylation is 2. The number of amides is 2. The highest BCUT2D eigenvalue weighted by molar-refractivity contribution is 6.36. The molecule has 2 aliphatic rings. The van der Waals surface area contributed by atoms with Crippen LogP contribution in [0.4, 0.5) is 5.69 Å². The molecular formula is C25H29N3O4. The van der Waals surface area contributed by atoms with E-state index in [0.29, 0.717) is 48.9 Å². The summed E-state index contributed by atoms with van der Waals surface area (Å²) in [6, 6.07) is 13.2. The van der Waals surface area contributed by atoms with Gasteiger partial charge in [-0.2, -0.15) is 0 Å². The predicted octanol–water partition coefficient (Wildman–Crippen LogP) is 2.84. The number of hydrogen-bond donors (Lipinski definition) is 1. The Morgan fingerprint density at radius 1 is 0.969 bits per heavy atom. The standard InChI is InChI=1S/C25H29N3O4/c1-17-4-5-18(2)21(16-17)26-23-22(19-6-8-20(31-3)9-7-19)24(29)28(25(23)30)11-10-27-12-14-32-15-13-27/h4-9,16,26H,10-15H2,1-3H3. The topological polar surface area (TPSA) is 71.1 Å². The average molecular weight is 436 g/mol. The first kappa shape index (κ1) is 22.0. The third-order valence-electron chi connectivity index (χ3n) is 5.94. The van der Waals surface area contributed by atoms with E-state index >= 15 is 0 Å². The van der Waals surface area contributed by atoms with Crippen molar-refractivity contribution in [3.8, 4) is 5.75 Å². The first-order chi connectivity index (χ1) is 15.5. The number of ether oxygens (including phenoxy) is 2. The van der Waals surface area contributed by atoms with Crippen LogP contribution in [-0.4, -0.2) is 68.1 Å². The molecule has 2 amide bonds.